The van der Waals surface area contributed by atoms with E-state index in [0.717, 1.165) is 5.56 Å². The standard InChI is InChI=1S/C14H20N2O4S/c1-10-8-13(4-5-14(10)20-3)21(18,19)15-12-6-7-16(9-12)11(2)17/h4-5,8,12,15H,6-7,9H2,1-3H3. The van der Waals surface area contributed by atoms with Gasteiger partial charge in [0.1, 0.15) is 5.75 Å². The summed E-state index contributed by atoms with van der Waals surface area (Å²) in [5.74, 6) is 0.620. The van der Waals surface area contributed by atoms with Crippen LogP contribution in [0.1, 0.15) is 18.9 Å². The van der Waals surface area contributed by atoms with E-state index in [2.05, 4.69) is 4.72 Å². The first-order valence-corrected chi connectivity index (χ1v) is 8.24. The zero-order chi connectivity index (χ0) is 15.6. The van der Waals surface area contributed by atoms with Gasteiger partial charge < -0.3 is 9.64 Å². The van der Waals surface area contributed by atoms with Gasteiger partial charge in [-0.15, -0.1) is 0 Å². The van der Waals surface area contributed by atoms with E-state index in [-0.39, 0.29) is 16.8 Å². The Hall–Kier alpha value is -1.60. The SMILES string of the molecule is COc1ccc(S(=O)(=O)NC2CCN(C(C)=O)C2)cc1C. The number of aryl methyl sites for hydroxylation is 1. The van der Waals surface area contributed by atoms with Crippen molar-refractivity contribution in [2.45, 2.75) is 31.2 Å². The Morgan fingerprint density at radius 1 is 1.43 bits per heavy atom. The summed E-state index contributed by atoms with van der Waals surface area (Å²) in [6, 6.07) is 4.51. The van der Waals surface area contributed by atoms with Gasteiger partial charge in [-0.3, -0.25) is 4.79 Å². The van der Waals surface area contributed by atoms with Gasteiger partial charge in [0.25, 0.3) is 0 Å². The van der Waals surface area contributed by atoms with Crippen LogP contribution < -0.4 is 9.46 Å². The fraction of sp³-hybridized carbons (Fsp3) is 0.500. The van der Waals surface area contributed by atoms with Crippen molar-refractivity contribution >= 4 is 15.9 Å². The van der Waals surface area contributed by atoms with Crippen molar-refractivity contribution < 1.29 is 17.9 Å². The minimum absolute atomic E-state index is 0.0306. The molecule has 1 N–H and O–H groups in total. The quantitative estimate of drug-likeness (QED) is 0.896. The number of hydrogen-bond donors (Lipinski definition) is 1. The number of benzene rings is 1. The largest absolute Gasteiger partial charge is 0.496 e. The van der Waals surface area contributed by atoms with Crippen LogP contribution in [0.4, 0.5) is 0 Å². The predicted octanol–water partition coefficient (Wildman–Crippen LogP) is 0.903. The minimum Gasteiger partial charge on any atom is -0.496 e. The normalized spacial score (nSPS) is 18.8. The Morgan fingerprint density at radius 3 is 2.67 bits per heavy atom. The van der Waals surface area contributed by atoms with Gasteiger partial charge in [0.05, 0.1) is 12.0 Å². The lowest BCUT2D eigenvalue weighted by molar-refractivity contribution is -0.127. The Morgan fingerprint density at radius 2 is 2.14 bits per heavy atom. The van der Waals surface area contributed by atoms with Gasteiger partial charge in [-0.25, -0.2) is 13.1 Å². The van der Waals surface area contributed by atoms with Crippen molar-refractivity contribution in [1.82, 2.24) is 9.62 Å². The first kappa shape index (κ1) is 15.8. The van der Waals surface area contributed by atoms with Gasteiger partial charge in [-0.05, 0) is 37.1 Å². The maximum absolute atomic E-state index is 12.4. The van der Waals surface area contributed by atoms with Crippen LogP contribution in [0.25, 0.3) is 0 Å². The van der Waals surface area contributed by atoms with E-state index in [1.807, 2.05) is 0 Å². The summed E-state index contributed by atoms with van der Waals surface area (Å²) in [6.45, 7) is 4.29. The average molecular weight is 312 g/mol. The van der Waals surface area contributed by atoms with Crippen LogP contribution in [0.15, 0.2) is 23.1 Å². The maximum atomic E-state index is 12.4. The molecule has 2 rings (SSSR count). The number of carbonyl (C=O) groups excluding carboxylic acids is 1. The lowest BCUT2D eigenvalue weighted by Crippen LogP contribution is -2.37. The second kappa shape index (κ2) is 6.03. The monoisotopic (exact) mass is 312 g/mol. The Labute approximate surface area is 125 Å². The summed E-state index contributed by atoms with van der Waals surface area (Å²) in [6.07, 6.45) is 0.633. The molecule has 1 aliphatic heterocycles. The van der Waals surface area contributed by atoms with Crippen molar-refractivity contribution in [1.29, 1.82) is 0 Å². The molecule has 1 saturated heterocycles. The Balaban J connectivity index is 2.12. The highest BCUT2D eigenvalue weighted by Crippen LogP contribution is 2.22. The molecule has 1 aromatic rings. The molecule has 0 aliphatic carbocycles. The van der Waals surface area contributed by atoms with Gasteiger partial charge >= 0.3 is 0 Å². The Kier molecular flexibility index (Phi) is 4.53. The highest BCUT2D eigenvalue weighted by atomic mass is 32.2. The molecule has 0 spiro atoms. The smallest absolute Gasteiger partial charge is 0.240 e. The number of nitrogens with one attached hydrogen (secondary N) is 1. The summed E-state index contributed by atoms with van der Waals surface area (Å²) in [5.41, 5.74) is 0.761. The lowest BCUT2D eigenvalue weighted by Gasteiger charge is -2.16. The number of sulfonamides is 1. The van der Waals surface area contributed by atoms with Gasteiger partial charge in [0.15, 0.2) is 0 Å². The third kappa shape index (κ3) is 3.54. The molecule has 1 heterocycles. The molecule has 21 heavy (non-hydrogen) atoms. The van der Waals surface area contributed by atoms with Crippen LogP contribution >= 0.6 is 0 Å². The molecule has 0 radical (unpaired) electrons. The number of nitrogens with zero attached hydrogens (tertiary/aromatic N) is 1. The average Bonchev–Trinajstić information content (AvgIpc) is 2.86. The molecule has 1 amide bonds. The predicted molar refractivity (Wildman–Crippen MR) is 78.7 cm³/mol. The number of ether oxygens (including phenoxy) is 1. The zero-order valence-electron chi connectivity index (χ0n) is 12.4. The number of hydrogen-bond acceptors (Lipinski definition) is 4. The van der Waals surface area contributed by atoms with Gasteiger partial charge in [0.2, 0.25) is 15.9 Å². The second-order valence-electron chi connectivity index (χ2n) is 5.20. The summed E-state index contributed by atoms with van der Waals surface area (Å²) in [4.78, 5) is 13.1. The van der Waals surface area contributed by atoms with E-state index in [0.29, 0.717) is 25.3 Å². The van der Waals surface area contributed by atoms with Crippen LogP contribution in [0, 0.1) is 6.92 Å². The highest BCUT2D eigenvalue weighted by Gasteiger charge is 2.28. The number of likely N-dealkylation sites (tertiary alicyclic amines) is 1. The topological polar surface area (TPSA) is 75.7 Å². The molecule has 0 saturated carbocycles. The molecular formula is C14H20N2O4S. The Bertz CT molecular complexity index is 642. The van der Waals surface area contributed by atoms with Crippen molar-refractivity contribution in [3.8, 4) is 5.75 Å². The van der Waals surface area contributed by atoms with Crippen LogP contribution in [-0.4, -0.2) is 45.5 Å². The van der Waals surface area contributed by atoms with Crippen molar-refractivity contribution in [3.63, 3.8) is 0 Å². The molecule has 7 heteroatoms. The molecule has 1 aromatic carbocycles. The molecular weight excluding hydrogens is 292 g/mol. The first-order valence-electron chi connectivity index (χ1n) is 6.76. The van der Waals surface area contributed by atoms with E-state index < -0.39 is 10.0 Å². The van der Waals surface area contributed by atoms with Crippen LogP contribution in [0.3, 0.4) is 0 Å². The van der Waals surface area contributed by atoms with Gasteiger partial charge in [-0.2, -0.15) is 0 Å². The molecule has 6 nitrogen and oxygen atoms in total. The summed E-state index contributed by atoms with van der Waals surface area (Å²) in [5, 5.41) is 0. The van der Waals surface area contributed by atoms with E-state index in [1.54, 1.807) is 31.1 Å². The van der Waals surface area contributed by atoms with Crippen molar-refractivity contribution in [2.24, 2.45) is 0 Å². The molecule has 1 unspecified atom stereocenters. The van der Waals surface area contributed by atoms with Gasteiger partial charge in [0, 0.05) is 26.1 Å². The van der Waals surface area contributed by atoms with E-state index in [1.165, 1.54) is 13.0 Å². The summed E-state index contributed by atoms with van der Waals surface area (Å²) < 4.78 is 32.5. The number of carbonyl (C=O) groups is 1. The lowest BCUT2D eigenvalue weighted by atomic mass is 10.2. The minimum atomic E-state index is -3.58. The zero-order valence-corrected chi connectivity index (χ0v) is 13.2. The highest BCUT2D eigenvalue weighted by molar-refractivity contribution is 7.89. The molecule has 0 bridgehead atoms. The molecule has 1 fully saturated rings. The third-order valence-corrected chi connectivity index (χ3v) is 5.15. The fourth-order valence-corrected chi connectivity index (χ4v) is 3.79. The number of rotatable bonds is 4. The van der Waals surface area contributed by atoms with Gasteiger partial charge in [-0.1, -0.05) is 0 Å². The second-order valence-corrected chi connectivity index (χ2v) is 6.92. The molecule has 1 aliphatic rings. The van der Waals surface area contributed by atoms with Crippen molar-refractivity contribution in [2.75, 3.05) is 20.2 Å². The van der Waals surface area contributed by atoms with E-state index >= 15 is 0 Å². The maximum Gasteiger partial charge on any atom is 0.240 e. The summed E-state index contributed by atoms with van der Waals surface area (Å²) >= 11 is 0. The third-order valence-electron chi connectivity index (χ3n) is 3.63. The number of amides is 1. The van der Waals surface area contributed by atoms with Crippen LogP contribution in [0.2, 0.25) is 0 Å². The fourth-order valence-electron chi connectivity index (χ4n) is 2.45. The number of methoxy groups -OCH3 is 1. The molecule has 0 aromatic heterocycles. The molecule has 116 valence electrons. The van der Waals surface area contributed by atoms with E-state index in [4.69, 9.17) is 4.74 Å². The van der Waals surface area contributed by atoms with E-state index in [9.17, 15) is 13.2 Å². The summed E-state index contributed by atoms with van der Waals surface area (Å²) in [7, 11) is -2.04. The van der Waals surface area contributed by atoms with Crippen LogP contribution in [0.5, 0.6) is 5.75 Å². The van der Waals surface area contributed by atoms with Crippen LogP contribution in [-0.2, 0) is 14.8 Å². The van der Waals surface area contributed by atoms with Crippen molar-refractivity contribution in [3.05, 3.63) is 23.8 Å². The first-order chi connectivity index (χ1) is 9.83. The molecule has 1 atom stereocenters.